The van der Waals surface area contributed by atoms with Gasteiger partial charge in [0.25, 0.3) is 5.88 Å². The molecular weight excluding hydrogens is 168 g/mol. The number of aromatic nitrogens is 1. The van der Waals surface area contributed by atoms with Crippen molar-refractivity contribution >= 4 is 5.82 Å². The van der Waals surface area contributed by atoms with Crippen LogP contribution in [0.4, 0.5) is 14.6 Å². The predicted octanol–water partition coefficient (Wildman–Crippen LogP) is 0.654. The number of nitrogens with zero attached hydrogens (tertiary/aromatic N) is 1. The van der Waals surface area contributed by atoms with Crippen LogP contribution < -0.4 is 16.0 Å². The fourth-order valence-electron chi connectivity index (χ4n) is 0.694. The summed E-state index contributed by atoms with van der Waals surface area (Å²) in [6.45, 7) is 0. The zero-order chi connectivity index (χ0) is 9.14. The van der Waals surface area contributed by atoms with Gasteiger partial charge >= 0.3 is 0 Å². The minimum absolute atomic E-state index is 0.256. The summed E-state index contributed by atoms with van der Waals surface area (Å²) in [4.78, 5) is 3.40. The molecule has 66 valence electrons. The predicted molar refractivity (Wildman–Crippen MR) is 38.5 cm³/mol. The lowest BCUT2D eigenvalue weighted by atomic mass is 10.4. The van der Waals surface area contributed by atoms with Crippen LogP contribution in [0.15, 0.2) is 6.07 Å². The van der Waals surface area contributed by atoms with Gasteiger partial charge in [0.2, 0.25) is 0 Å². The molecule has 0 unspecified atom stereocenters. The van der Waals surface area contributed by atoms with E-state index >= 15 is 0 Å². The Balaban J connectivity index is 3.18. The third-order valence-electron chi connectivity index (χ3n) is 1.23. The number of nitrogens with two attached hydrogens (primary N) is 1. The summed E-state index contributed by atoms with van der Waals surface area (Å²) in [6.07, 6.45) is 0. The van der Waals surface area contributed by atoms with Crippen molar-refractivity contribution in [2.24, 2.45) is 5.84 Å². The van der Waals surface area contributed by atoms with Crippen molar-refractivity contribution in [2.45, 2.75) is 0 Å². The second kappa shape index (κ2) is 3.31. The van der Waals surface area contributed by atoms with Gasteiger partial charge < -0.3 is 10.2 Å². The summed E-state index contributed by atoms with van der Waals surface area (Å²) < 4.78 is 29.8. The van der Waals surface area contributed by atoms with E-state index in [0.29, 0.717) is 6.07 Å². The molecule has 1 rings (SSSR count). The van der Waals surface area contributed by atoms with Crippen molar-refractivity contribution in [3.8, 4) is 5.88 Å². The van der Waals surface area contributed by atoms with Crippen molar-refractivity contribution in [2.75, 3.05) is 12.5 Å². The molecule has 0 aliphatic carbocycles. The van der Waals surface area contributed by atoms with Crippen molar-refractivity contribution in [1.82, 2.24) is 4.98 Å². The summed E-state index contributed by atoms with van der Waals surface area (Å²) in [6, 6.07) is 0.640. The average Bonchev–Trinajstić information content (AvgIpc) is 2.05. The van der Waals surface area contributed by atoms with E-state index in [1.807, 2.05) is 5.43 Å². The molecule has 0 aliphatic rings. The summed E-state index contributed by atoms with van der Waals surface area (Å²) in [5.74, 6) is 2.60. The lowest BCUT2D eigenvalue weighted by molar-refractivity contribution is 0.366. The number of pyridine rings is 1. The van der Waals surface area contributed by atoms with E-state index in [0.717, 1.165) is 0 Å². The Hall–Kier alpha value is -1.43. The molecular formula is C6H7F2N3O. The Morgan fingerprint density at radius 2 is 2.17 bits per heavy atom. The fourth-order valence-corrected chi connectivity index (χ4v) is 0.694. The first-order chi connectivity index (χ1) is 5.69. The van der Waals surface area contributed by atoms with Gasteiger partial charge in [0.1, 0.15) is 0 Å². The molecule has 1 aromatic rings. The zero-order valence-corrected chi connectivity index (χ0v) is 6.27. The third kappa shape index (κ3) is 1.42. The highest BCUT2D eigenvalue weighted by Gasteiger charge is 2.10. The smallest absolute Gasteiger partial charge is 0.252 e. The van der Waals surface area contributed by atoms with Crippen LogP contribution in [0.1, 0.15) is 0 Å². The van der Waals surface area contributed by atoms with E-state index in [-0.39, 0.29) is 11.7 Å². The topological polar surface area (TPSA) is 60.2 Å². The Morgan fingerprint density at radius 3 is 2.67 bits per heavy atom. The molecule has 0 amide bonds. The van der Waals surface area contributed by atoms with Crippen molar-refractivity contribution in [3.63, 3.8) is 0 Å². The molecule has 12 heavy (non-hydrogen) atoms. The number of hydrazine groups is 1. The quantitative estimate of drug-likeness (QED) is 0.512. The second-order valence-electron chi connectivity index (χ2n) is 1.95. The minimum atomic E-state index is -0.867. The molecule has 0 saturated heterocycles. The van der Waals surface area contributed by atoms with Crippen LogP contribution in [-0.4, -0.2) is 12.1 Å². The standard InChI is InChI=1S/C6H7F2N3O/c1-12-6-4(8)2-3(7)5(10-6)11-9/h2H,9H2,1H3,(H,10,11). The zero-order valence-electron chi connectivity index (χ0n) is 6.27. The summed E-state index contributed by atoms with van der Waals surface area (Å²) in [7, 11) is 1.23. The van der Waals surface area contributed by atoms with E-state index in [1.165, 1.54) is 7.11 Å². The first-order valence-electron chi connectivity index (χ1n) is 3.05. The summed E-state index contributed by atoms with van der Waals surface area (Å²) in [5, 5.41) is 0. The van der Waals surface area contributed by atoms with Gasteiger partial charge in [-0.2, -0.15) is 4.98 Å². The molecule has 0 spiro atoms. The first kappa shape index (κ1) is 8.66. The SMILES string of the molecule is COc1nc(NN)c(F)cc1F. The number of halogens is 2. The summed E-state index contributed by atoms with van der Waals surface area (Å²) in [5.41, 5.74) is 1.96. The molecule has 0 aliphatic heterocycles. The molecule has 0 radical (unpaired) electrons. The molecule has 0 fully saturated rings. The van der Waals surface area contributed by atoms with Gasteiger partial charge in [-0.3, -0.25) is 0 Å². The highest BCUT2D eigenvalue weighted by molar-refractivity contribution is 5.38. The van der Waals surface area contributed by atoms with Crippen LogP contribution >= 0.6 is 0 Å². The maximum Gasteiger partial charge on any atom is 0.252 e. The van der Waals surface area contributed by atoms with Crippen LogP contribution in [0, 0.1) is 11.6 Å². The molecule has 0 atom stereocenters. The highest BCUT2D eigenvalue weighted by atomic mass is 19.1. The second-order valence-corrected chi connectivity index (χ2v) is 1.95. The fraction of sp³-hybridized carbons (Fsp3) is 0.167. The molecule has 0 saturated carbocycles. The lowest BCUT2D eigenvalue weighted by Crippen LogP contribution is -2.11. The van der Waals surface area contributed by atoms with Gasteiger partial charge in [-0.25, -0.2) is 14.6 Å². The molecule has 4 nitrogen and oxygen atoms in total. The van der Waals surface area contributed by atoms with E-state index in [1.54, 1.807) is 0 Å². The monoisotopic (exact) mass is 175 g/mol. The number of ether oxygens (including phenoxy) is 1. The number of anilines is 1. The molecule has 6 heteroatoms. The number of nitrogens with one attached hydrogen (secondary N) is 1. The molecule has 1 heterocycles. The normalized spacial score (nSPS) is 9.67. The Labute approximate surface area is 67.3 Å². The highest BCUT2D eigenvalue weighted by Crippen LogP contribution is 2.19. The van der Waals surface area contributed by atoms with E-state index < -0.39 is 11.6 Å². The number of methoxy groups -OCH3 is 1. The Morgan fingerprint density at radius 1 is 1.50 bits per heavy atom. The van der Waals surface area contributed by atoms with Gasteiger partial charge in [0.15, 0.2) is 17.5 Å². The number of rotatable bonds is 2. The van der Waals surface area contributed by atoms with Gasteiger partial charge in [0, 0.05) is 6.07 Å². The van der Waals surface area contributed by atoms with E-state index in [4.69, 9.17) is 5.84 Å². The van der Waals surface area contributed by atoms with Crippen LogP contribution in [0.2, 0.25) is 0 Å². The maximum atomic E-state index is 12.7. The third-order valence-corrected chi connectivity index (χ3v) is 1.23. The molecule has 0 aromatic carbocycles. The molecule has 3 N–H and O–H groups in total. The molecule has 0 bridgehead atoms. The Bertz CT molecular complexity index is 267. The van der Waals surface area contributed by atoms with Crippen LogP contribution in [0.25, 0.3) is 0 Å². The van der Waals surface area contributed by atoms with Crippen molar-refractivity contribution in [1.29, 1.82) is 0 Å². The number of hydrogen-bond acceptors (Lipinski definition) is 4. The van der Waals surface area contributed by atoms with Gasteiger partial charge in [-0.1, -0.05) is 0 Å². The first-order valence-corrected chi connectivity index (χ1v) is 3.05. The lowest BCUT2D eigenvalue weighted by Gasteiger charge is -2.04. The molecule has 1 aromatic heterocycles. The van der Waals surface area contributed by atoms with Crippen LogP contribution in [-0.2, 0) is 0 Å². The maximum absolute atomic E-state index is 12.7. The van der Waals surface area contributed by atoms with Crippen LogP contribution in [0.3, 0.4) is 0 Å². The van der Waals surface area contributed by atoms with Crippen molar-refractivity contribution in [3.05, 3.63) is 17.7 Å². The Kier molecular flexibility index (Phi) is 2.39. The van der Waals surface area contributed by atoms with Gasteiger partial charge in [-0.15, -0.1) is 0 Å². The number of hydrogen-bond donors (Lipinski definition) is 2. The van der Waals surface area contributed by atoms with Crippen molar-refractivity contribution < 1.29 is 13.5 Å². The largest absolute Gasteiger partial charge is 0.479 e. The van der Waals surface area contributed by atoms with Gasteiger partial charge in [0.05, 0.1) is 7.11 Å². The van der Waals surface area contributed by atoms with Crippen LogP contribution in [0.5, 0.6) is 5.88 Å². The number of nitrogen functional groups attached to an aromatic ring is 1. The van der Waals surface area contributed by atoms with E-state index in [9.17, 15) is 8.78 Å². The van der Waals surface area contributed by atoms with Gasteiger partial charge in [-0.05, 0) is 0 Å². The minimum Gasteiger partial charge on any atom is -0.479 e. The average molecular weight is 175 g/mol. The van der Waals surface area contributed by atoms with E-state index in [2.05, 4.69) is 9.72 Å². The summed E-state index contributed by atoms with van der Waals surface area (Å²) >= 11 is 0.